The third kappa shape index (κ3) is 3.91. The van der Waals surface area contributed by atoms with E-state index in [1.54, 1.807) is 10.6 Å². The zero-order valence-corrected chi connectivity index (χ0v) is 15.3. The topological polar surface area (TPSA) is 94.5 Å². The second-order valence-electron chi connectivity index (χ2n) is 5.52. The number of hydrogen-bond donors (Lipinski definition) is 1. The average Bonchev–Trinajstić information content (AvgIpc) is 2.92. The molecule has 26 heavy (non-hydrogen) atoms. The first kappa shape index (κ1) is 18.1. The fourth-order valence-electron chi connectivity index (χ4n) is 2.48. The van der Waals surface area contributed by atoms with Crippen molar-refractivity contribution in [3.63, 3.8) is 0 Å². The molecule has 1 aromatic heterocycles. The number of thiazole rings is 1. The van der Waals surface area contributed by atoms with E-state index < -0.39 is 10.0 Å². The van der Waals surface area contributed by atoms with Crippen LogP contribution in [0.25, 0.3) is 10.2 Å². The lowest BCUT2D eigenvalue weighted by Gasteiger charge is -2.01. The Morgan fingerprint density at radius 2 is 1.96 bits per heavy atom. The smallest absolute Gasteiger partial charge is 0.252 e. The van der Waals surface area contributed by atoms with Crippen molar-refractivity contribution >= 4 is 37.5 Å². The maximum absolute atomic E-state index is 12.3. The van der Waals surface area contributed by atoms with Crippen LogP contribution >= 0.6 is 11.3 Å². The number of carbonyl (C=O) groups excluding carboxylic acids is 1. The number of primary sulfonamides is 1. The van der Waals surface area contributed by atoms with E-state index in [1.807, 2.05) is 30.3 Å². The van der Waals surface area contributed by atoms with E-state index in [9.17, 15) is 13.2 Å². The first-order valence-corrected chi connectivity index (χ1v) is 9.96. The van der Waals surface area contributed by atoms with Gasteiger partial charge in [-0.2, -0.15) is 4.99 Å². The number of benzene rings is 2. The molecule has 132 valence electrons. The van der Waals surface area contributed by atoms with Gasteiger partial charge in [0, 0.05) is 0 Å². The second kappa shape index (κ2) is 7.25. The van der Waals surface area contributed by atoms with Crippen LogP contribution in [0.1, 0.15) is 5.56 Å². The summed E-state index contributed by atoms with van der Waals surface area (Å²) in [4.78, 5) is 16.9. The van der Waals surface area contributed by atoms with Gasteiger partial charge in [0.15, 0.2) is 4.80 Å². The Balaban J connectivity index is 2.08. The highest BCUT2D eigenvalue weighted by molar-refractivity contribution is 7.89. The van der Waals surface area contributed by atoms with E-state index >= 15 is 0 Å². The molecule has 3 aromatic rings. The van der Waals surface area contributed by atoms with Gasteiger partial charge in [-0.1, -0.05) is 47.6 Å². The molecule has 3 rings (SSSR count). The molecule has 6 nitrogen and oxygen atoms in total. The number of sulfonamides is 1. The molecule has 0 aliphatic heterocycles. The minimum atomic E-state index is -3.81. The van der Waals surface area contributed by atoms with Crippen molar-refractivity contribution in [3.05, 3.63) is 58.9 Å². The molecule has 8 heteroatoms. The van der Waals surface area contributed by atoms with E-state index in [-0.39, 0.29) is 23.8 Å². The van der Waals surface area contributed by atoms with Crippen LogP contribution in [0, 0.1) is 12.3 Å². The van der Waals surface area contributed by atoms with Crippen LogP contribution in [0.5, 0.6) is 0 Å². The molecular formula is C18H15N3O3S2. The van der Waals surface area contributed by atoms with Crippen LogP contribution in [0.2, 0.25) is 0 Å². The monoisotopic (exact) mass is 385 g/mol. The molecule has 0 fully saturated rings. The number of fused-ring (bicyclic) bond motifs is 1. The molecule has 0 saturated carbocycles. The Morgan fingerprint density at radius 1 is 1.23 bits per heavy atom. The fraction of sp³-hybridized carbons (Fsp3) is 0.111. The average molecular weight is 385 g/mol. The second-order valence-corrected chi connectivity index (χ2v) is 8.09. The molecule has 0 unspecified atom stereocenters. The maximum Gasteiger partial charge on any atom is 0.252 e. The number of aromatic nitrogens is 1. The van der Waals surface area contributed by atoms with Crippen LogP contribution in [0.4, 0.5) is 0 Å². The molecule has 0 saturated heterocycles. The number of rotatable bonds is 4. The van der Waals surface area contributed by atoms with Gasteiger partial charge in [0.25, 0.3) is 5.91 Å². The van der Waals surface area contributed by atoms with Gasteiger partial charge in [0.1, 0.15) is 0 Å². The zero-order valence-electron chi connectivity index (χ0n) is 13.6. The van der Waals surface area contributed by atoms with E-state index in [1.165, 1.54) is 23.5 Å². The number of nitrogens with zero attached hydrogens (tertiary/aromatic N) is 2. The minimum absolute atomic E-state index is 0.00118. The van der Waals surface area contributed by atoms with Crippen LogP contribution in [-0.4, -0.2) is 18.9 Å². The molecule has 1 heterocycles. The molecule has 0 bridgehead atoms. The number of hydrogen-bond acceptors (Lipinski definition) is 4. The molecule has 0 atom stereocenters. The lowest BCUT2D eigenvalue weighted by molar-refractivity contribution is -0.117. The van der Waals surface area contributed by atoms with Gasteiger partial charge in [0.2, 0.25) is 10.0 Å². The molecule has 2 N–H and O–H groups in total. The van der Waals surface area contributed by atoms with Gasteiger partial charge in [-0.25, -0.2) is 13.6 Å². The van der Waals surface area contributed by atoms with Gasteiger partial charge in [-0.15, -0.1) is 6.42 Å². The lowest BCUT2D eigenvalue weighted by Crippen LogP contribution is -2.17. The van der Waals surface area contributed by atoms with Crippen LogP contribution in [0.3, 0.4) is 0 Å². The highest BCUT2D eigenvalue weighted by atomic mass is 32.2. The summed E-state index contributed by atoms with van der Waals surface area (Å²) >= 11 is 1.19. The van der Waals surface area contributed by atoms with E-state index in [0.717, 1.165) is 5.56 Å². The summed E-state index contributed by atoms with van der Waals surface area (Å²) in [6.45, 7) is 0.214. The van der Waals surface area contributed by atoms with Gasteiger partial charge < -0.3 is 4.57 Å². The third-order valence-electron chi connectivity index (χ3n) is 3.65. The Labute approximate surface area is 154 Å². The van der Waals surface area contributed by atoms with Crippen molar-refractivity contribution in [2.24, 2.45) is 10.1 Å². The van der Waals surface area contributed by atoms with Gasteiger partial charge in [0.05, 0.1) is 28.1 Å². The van der Waals surface area contributed by atoms with Gasteiger partial charge in [-0.3, -0.25) is 4.79 Å². The molecule has 2 aromatic carbocycles. The Morgan fingerprint density at radius 3 is 2.62 bits per heavy atom. The Bertz CT molecular complexity index is 1180. The van der Waals surface area contributed by atoms with Crippen molar-refractivity contribution < 1.29 is 13.2 Å². The molecule has 0 radical (unpaired) electrons. The standard InChI is InChI=1S/C18H15N3O3S2/c1-2-10-21-15-9-8-14(26(19,23)24)12-16(15)25-18(21)20-17(22)11-13-6-4-3-5-7-13/h1,3-9,12H,10-11H2,(H2,19,23,24). The molecular weight excluding hydrogens is 370 g/mol. The summed E-state index contributed by atoms with van der Waals surface area (Å²) in [5.74, 6) is 2.22. The van der Waals surface area contributed by atoms with Crippen LogP contribution < -0.4 is 9.94 Å². The predicted molar refractivity (Wildman–Crippen MR) is 101 cm³/mol. The highest BCUT2D eigenvalue weighted by Crippen LogP contribution is 2.21. The van der Waals surface area contributed by atoms with Crippen molar-refractivity contribution in [2.75, 3.05) is 0 Å². The Hall–Kier alpha value is -2.73. The summed E-state index contributed by atoms with van der Waals surface area (Å²) in [6, 6.07) is 13.8. The largest absolute Gasteiger partial charge is 0.305 e. The SMILES string of the molecule is C#CCn1c(=NC(=O)Cc2ccccc2)sc2cc(S(N)(=O)=O)ccc21. The lowest BCUT2D eigenvalue weighted by atomic mass is 10.1. The Kier molecular flexibility index (Phi) is 5.04. The number of terminal acetylenes is 1. The maximum atomic E-state index is 12.3. The summed E-state index contributed by atoms with van der Waals surface area (Å²) in [5, 5.41) is 5.18. The van der Waals surface area contributed by atoms with Gasteiger partial charge >= 0.3 is 0 Å². The van der Waals surface area contributed by atoms with Crippen molar-refractivity contribution in [1.29, 1.82) is 0 Å². The minimum Gasteiger partial charge on any atom is -0.305 e. The predicted octanol–water partition coefficient (Wildman–Crippen LogP) is 1.65. The third-order valence-corrected chi connectivity index (χ3v) is 5.60. The first-order chi connectivity index (χ1) is 12.4. The molecule has 0 aliphatic rings. The van der Waals surface area contributed by atoms with Crippen molar-refractivity contribution in [2.45, 2.75) is 17.9 Å². The normalized spacial score (nSPS) is 12.2. The zero-order chi connectivity index (χ0) is 18.7. The molecule has 0 aliphatic carbocycles. The summed E-state index contributed by atoms with van der Waals surface area (Å²) in [5.41, 5.74) is 1.56. The van der Waals surface area contributed by atoms with Crippen LogP contribution in [-0.2, 0) is 27.8 Å². The van der Waals surface area contributed by atoms with Crippen molar-refractivity contribution in [1.82, 2.24) is 4.57 Å². The number of nitrogens with two attached hydrogens (primary N) is 1. The number of amides is 1. The number of carbonyl (C=O) groups is 1. The summed E-state index contributed by atoms with van der Waals surface area (Å²) in [6.07, 6.45) is 5.60. The summed E-state index contributed by atoms with van der Waals surface area (Å²) < 4.78 is 25.4. The van der Waals surface area contributed by atoms with E-state index in [4.69, 9.17) is 11.6 Å². The van der Waals surface area contributed by atoms with Gasteiger partial charge in [-0.05, 0) is 23.8 Å². The van der Waals surface area contributed by atoms with Crippen LogP contribution in [0.15, 0.2) is 58.4 Å². The molecule has 0 spiro atoms. The fourth-order valence-corrected chi connectivity index (χ4v) is 4.18. The summed E-state index contributed by atoms with van der Waals surface area (Å²) in [7, 11) is -3.81. The first-order valence-electron chi connectivity index (χ1n) is 7.59. The van der Waals surface area contributed by atoms with E-state index in [0.29, 0.717) is 15.0 Å². The quantitative estimate of drug-likeness (QED) is 0.692. The highest BCUT2D eigenvalue weighted by Gasteiger charge is 2.13. The molecule has 1 amide bonds. The van der Waals surface area contributed by atoms with E-state index in [2.05, 4.69) is 10.9 Å². The van der Waals surface area contributed by atoms with Crippen molar-refractivity contribution in [3.8, 4) is 12.3 Å².